The summed E-state index contributed by atoms with van der Waals surface area (Å²) in [6.45, 7) is -3.50. The summed E-state index contributed by atoms with van der Waals surface area (Å²) >= 11 is 0. The lowest BCUT2D eigenvalue weighted by Gasteiger charge is -2.05. The molecule has 0 aliphatic carbocycles. The Morgan fingerprint density at radius 3 is 2.62 bits per heavy atom. The number of ether oxygens (including phenoxy) is 1. The fraction of sp³-hybridized carbons (Fsp3) is 0.250. The standard InChI is InChI=1S/C8H7F3O2/c9-7-2-1-6(13-8(10)11)3-5(7)4-12/h1-3,8,12H,4H2. The van der Waals surface area contributed by atoms with Gasteiger partial charge in [-0.3, -0.25) is 0 Å². The zero-order chi connectivity index (χ0) is 9.84. The van der Waals surface area contributed by atoms with Crippen LogP contribution < -0.4 is 4.74 Å². The van der Waals surface area contributed by atoms with Gasteiger partial charge in [-0.15, -0.1) is 0 Å². The quantitative estimate of drug-likeness (QED) is 0.792. The molecule has 0 fully saturated rings. The minimum absolute atomic E-state index is 0.0712. The summed E-state index contributed by atoms with van der Waals surface area (Å²) in [5, 5.41) is 8.59. The van der Waals surface area contributed by atoms with Gasteiger partial charge in [0.05, 0.1) is 6.61 Å². The van der Waals surface area contributed by atoms with E-state index in [2.05, 4.69) is 4.74 Å². The zero-order valence-corrected chi connectivity index (χ0v) is 6.51. The van der Waals surface area contributed by atoms with E-state index in [-0.39, 0.29) is 11.3 Å². The molecule has 0 atom stereocenters. The number of aliphatic hydroxyl groups is 1. The fourth-order valence-corrected chi connectivity index (χ4v) is 0.848. The Bertz CT molecular complexity index is 289. The highest BCUT2D eigenvalue weighted by molar-refractivity contribution is 5.29. The summed E-state index contributed by atoms with van der Waals surface area (Å²) in [4.78, 5) is 0. The molecule has 0 aliphatic heterocycles. The van der Waals surface area contributed by atoms with E-state index in [0.717, 1.165) is 18.2 Å². The SMILES string of the molecule is OCc1cc(OC(F)F)ccc1F. The van der Waals surface area contributed by atoms with Gasteiger partial charge in [-0.05, 0) is 18.2 Å². The number of aliphatic hydroxyl groups excluding tert-OH is 1. The second kappa shape index (κ2) is 4.13. The number of rotatable bonds is 3. The third kappa shape index (κ3) is 2.62. The van der Waals surface area contributed by atoms with Gasteiger partial charge in [0.1, 0.15) is 11.6 Å². The van der Waals surface area contributed by atoms with Gasteiger partial charge in [0, 0.05) is 5.56 Å². The smallest absolute Gasteiger partial charge is 0.387 e. The second-order valence-corrected chi connectivity index (χ2v) is 2.29. The van der Waals surface area contributed by atoms with Crippen LogP contribution in [0.3, 0.4) is 0 Å². The number of alkyl halides is 2. The summed E-state index contributed by atoms with van der Waals surface area (Å²) in [7, 11) is 0. The lowest BCUT2D eigenvalue weighted by molar-refractivity contribution is -0.0499. The number of hydrogen-bond donors (Lipinski definition) is 1. The Balaban J connectivity index is 2.86. The van der Waals surface area contributed by atoms with Gasteiger partial charge >= 0.3 is 6.61 Å². The molecule has 1 rings (SSSR count). The van der Waals surface area contributed by atoms with Crippen LogP contribution in [0.2, 0.25) is 0 Å². The molecule has 0 saturated carbocycles. The maximum absolute atomic E-state index is 12.7. The summed E-state index contributed by atoms with van der Waals surface area (Å²) in [6.07, 6.45) is 0. The third-order valence-electron chi connectivity index (χ3n) is 1.41. The molecule has 5 heteroatoms. The Kier molecular flexibility index (Phi) is 3.13. The van der Waals surface area contributed by atoms with Crippen molar-refractivity contribution in [3.05, 3.63) is 29.6 Å². The maximum Gasteiger partial charge on any atom is 0.387 e. The van der Waals surface area contributed by atoms with E-state index in [1.54, 1.807) is 0 Å². The Labute approximate surface area is 72.6 Å². The van der Waals surface area contributed by atoms with Crippen molar-refractivity contribution in [2.45, 2.75) is 13.2 Å². The van der Waals surface area contributed by atoms with Crippen LogP contribution in [0.15, 0.2) is 18.2 Å². The lowest BCUT2D eigenvalue weighted by Crippen LogP contribution is -2.02. The van der Waals surface area contributed by atoms with E-state index >= 15 is 0 Å². The van der Waals surface area contributed by atoms with Crippen LogP contribution in [-0.2, 0) is 6.61 Å². The number of benzene rings is 1. The van der Waals surface area contributed by atoms with Crippen molar-refractivity contribution in [2.75, 3.05) is 0 Å². The van der Waals surface area contributed by atoms with Crippen molar-refractivity contribution in [3.8, 4) is 5.75 Å². The Hall–Kier alpha value is -1.23. The molecule has 0 unspecified atom stereocenters. The maximum atomic E-state index is 12.7. The first-order valence-corrected chi connectivity index (χ1v) is 3.47. The van der Waals surface area contributed by atoms with Gasteiger partial charge in [0.25, 0.3) is 0 Å². The molecule has 0 bridgehead atoms. The molecule has 0 aromatic heterocycles. The van der Waals surface area contributed by atoms with E-state index in [1.165, 1.54) is 0 Å². The van der Waals surface area contributed by atoms with Gasteiger partial charge in [-0.1, -0.05) is 0 Å². The van der Waals surface area contributed by atoms with Crippen molar-refractivity contribution in [1.82, 2.24) is 0 Å². The molecule has 13 heavy (non-hydrogen) atoms. The Morgan fingerprint density at radius 1 is 1.38 bits per heavy atom. The van der Waals surface area contributed by atoms with Crippen LogP contribution in [0, 0.1) is 5.82 Å². The average molecular weight is 192 g/mol. The van der Waals surface area contributed by atoms with Crippen LogP contribution in [0.5, 0.6) is 5.75 Å². The first kappa shape index (κ1) is 9.85. The van der Waals surface area contributed by atoms with E-state index in [9.17, 15) is 13.2 Å². The van der Waals surface area contributed by atoms with Crippen LogP contribution in [-0.4, -0.2) is 11.7 Å². The molecular formula is C8H7F3O2. The topological polar surface area (TPSA) is 29.5 Å². The van der Waals surface area contributed by atoms with E-state index in [4.69, 9.17) is 5.11 Å². The fourth-order valence-electron chi connectivity index (χ4n) is 0.848. The molecule has 0 amide bonds. The summed E-state index contributed by atoms with van der Waals surface area (Å²) in [6, 6.07) is 3.06. The van der Waals surface area contributed by atoms with E-state index < -0.39 is 19.0 Å². The average Bonchev–Trinajstić information content (AvgIpc) is 2.07. The molecule has 1 aromatic rings. The molecule has 0 heterocycles. The first-order valence-electron chi connectivity index (χ1n) is 3.47. The van der Waals surface area contributed by atoms with Crippen molar-refractivity contribution >= 4 is 0 Å². The molecule has 0 aliphatic rings. The second-order valence-electron chi connectivity index (χ2n) is 2.29. The highest BCUT2D eigenvalue weighted by atomic mass is 19.3. The van der Waals surface area contributed by atoms with Crippen LogP contribution in [0.4, 0.5) is 13.2 Å². The molecule has 0 radical (unpaired) electrons. The summed E-state index contributed by atoms with van der Waals surface area (Å²) in [5.74, 6) is -0.815. The van der Waals surface area contributed by atoms with Crippen LogP contribution in [0.1, 0.15) is 5.56 Å². The third-order valence-corrected chi connectivity index (χ3v) is 1.41. The predicted octanol–water partition coefficient (Wildman–Crippen LogP) is 1.92. The predicted molar refractivity (Wildman–Crippen MR) is 39.0 cm³/mol. The van der Waals surface area contributed by atoms with Gasteiger partial charge in [-0.25, -0.2) is 4.39 Å². The monoisotopic (exact) mass is 192 g/mol. The summed E-state index contributed by atoms with van der Waals surface area (Å²) in [5.41, 5.74) is -0.0712. The molecule has 0 saturated heterocycles. The Morgan fingerprint density at radius 2 is 2.08 bits per heavy atom. The molecule has 72 valence electrons. The molecule has 0 spiro atoms. The minimum Gasteiger partial charge on any atom is -0.435 e. The minimum atomic E-state index is -2.95. The first-order chi connectivity index (χ1) is 6.13. The van der Waals surface area contributed by atoms with Crippen molar-refractivity contribution in [3.63, 3.8) is 0 Å². The highest BCUT2D eigenvalue weighted by Crippen LogP contribution is 2.18. The normalized spacial score (nSPS) is 10.5. The van der Waals surface area contributed by atoms with Gasteiger partial charge in [-0.2, -0.15) is 8.78 Å². The number of halogens is 3. The largest absolute Gasteiger partial charge is 0.435 e. The zero-order valence-electron chi connectivity index (χ0n) is 6.51. The van der Waals surface area contributed by atoms with E-state index in [0.29, 0.717) is 0 Å². The molecular weight excluding hydrogens is 185 g/mol. The van der Waals surface area contributed by atoms with Crippen molar-refractivity contribution < 1.29 is 23.0 Å². The van der Waals surface area contributed by atoms with Crippen LogP contribution >= 0.6 is 0 Å². The van der Waals surface area contributed by atoms with E-state index in [1.807, 2.05) is 0 Å². The lowest BCUT2D eigenvalue weighted by atomic mass is 10.2. The molecule has 1 N–H and O–H groups in total. The van der Waals surface area contributed by atoms with Crippen LogP contribution in [0.25, 0.3) is 0 Å². The van der Waals surface area contributed by atoms with Crippen molar-refractivity contribution in [2.24, 2.45) is 0 Å². The summed E-state index contributed by atoms with van der Waals surface area (Å²) < 4.78 is 40.1. The van der Waals surface area contributed by atoms with Gasteiger partial charge in [0.2, 0.25) is 0 Å². The van der Waals surface area contributed by atoms with Crippen molar-refractivity contribution in [1.29, 1.82) is 0 Å². The molecule has 2 nitrogen and oxygen atoms in total. The van der Waals surface area contributed by atoms with Gasteiger partial charge < -0.3 is 9.84 Å². The van der Waals surface area contributed by atoms with Gasteiger partial charge in [0.15, 0.2) is 0 Å². The number of hydrogen-bond acceptors (Lipinski definition) is 2. The molecule has 1 aromatic carbocycles. The highest BCUT2D eigenvalue weighted by Gasteiger charge is 2.07.